The van der Waals surface area contributed by atoms with Crippen molar-refractivity contribution in [2.75, 3.05) is 259 Å². The Hall–Kier alpha value is -7.73. The standard InChI is InChI=1S/C19H33N3O.C19H30N2.C18H31N3O.C18H28N2.C17H26F2N2.C16H26N2O2S.C16H26N2O/c1-19(2,3)16-7-8-18(15(11-16)12-21(4)5)22-10-9-20-17(13-22)14-23-6;1-19(2,3)17-7-8-18(16(13-17)14-20(4)5)15-9-11-21(6)12-10-15;1-18(2,3)15-6-7-17(14(10-15)11-19-4)21-9-8-20-16(12-21)13-22-5;1-18(2,3)16-6-7-17(14-8-10-19-11-9-14)15(12-16)13-20(4)5;1-16(2,3)14-5-6-15(13(11-14)12-20-4)21-9-7-17(18,19)8-10-21;1-16(2,3)14-5-6-15(13(11-14)12-17-4)18-7-9-21(19,20)10-8-18;1-16(2,3)14-5-6-15(13(11-14)12-17-4)18-7-9-19-10-8-18/h7-8,11,17,20H,9-10,12-14H2,1-6H3;7-9,13H,10-12,14H2,1-6H3;6-7,10,16,19-20H,8-9,11-13H2,1-5H3;6-8,12,19H,9-11,13H2,1-5H3;5-6,11,20H,7-10,12H2,1-4H3;5-6,11,17H,7-10,12H2,1-4H3;5-6,11,17H,7-10,12H2,1-4H3. The Bertz CT molecular complexity index is 5340. The predicted octanol–water partition coefficient (Wildman–Crippen LogP) is 20.2. The number of methoxy groups -OCH3 is 2. The summed E-state index contributed by atoms with van der Waals surface area (Å²) in [6, 6.07) is 48.7. The second kappa shape index (κ2) is 56.7. The summed E-state index contributed by atoms with van der Waals surface area (Å²) in [6.45, 7) is 71.3. The first kappa shape index (κ1) is 124. The third-order valence-corrected chi connectivity index (χ3v) is 30.2. The Balaban J connectivity index is 0.000000209. The van der Waals surface area contributed by atoms with Gasteiger partial charge in [0.25, 0.3) is 5.92 Å². The molecule has 14 rings (SSSR count). The highest BCUT2D eigenvalue weighted by molar-refractivity contribution is 7.91. The number of anilines is 5. The van der Waals surface area contributed by atoms with Gasteiger partial charge in [0.2, 0.25) is 0 Å². The maximum absolute atomic E-state index is 13.3. The number of alkyl halides is 2. The number of likely N-dealkylation sites (N-methyl/N-ethyl adjacent to an activating group) is 1. The van der Waals surface area contributed by atoms with Crippen LogP contribution in [0, 0.1) is 0 Å². The molecule has 7 aromatic rings. The van der Waals surface area contributed by atoms with Gasteiger partial charge in [-0.3, -0.25) is 0 Å². The van der Waals surface area contributed by atoms with Crippen molar-refractivity contribution in [2.24, 2.45) is 0 Å². The van der Waals surface area contributed by atoms with E-state index in [9.17, 15) is 17.2 Å². The van der Waals surface area contributed by atoms with E-state index in [1.54, 1.807) is 14.2 Å². The summed E-state index contributed by atoms with van der Waals surface area (Å²) in [5.74, 6) is -1.98. The molecule has 0 radical (unpaired) electrons. The van der Waals surface area contributed by atoms with Crippen molar-refractivity contribution in [3.8, 4) is 0 Å². The number of nitrogens with zero attached hydrogens (tertiary/aromatic N) is 9. The summed E-state index contributed by atoms with van der Waals surface area (Å²) in [4.78, 5) is 20.9. The van der Waals surface area contributed by atoms with Crippen LogP contribution in [0.1, 0.15) is 260 Å². The lowest BCUT2D eigenvalue weighted by molar-refractivity contribution is -0.0220. The van der Waals surface area contributed by atoms with Gasteiger partial charge in [0.1, 0.15) is 0 Å². The van der Waals surface area contributed by atoms with Crippen molar-refractivity contribution in [3.63, 3.8) is 0 Å². The molecule has 5 fully saturated rings. The Labute approximate surface area is 892 Å². The molecular formula is C123H200F2N16O5S. The van der Waals surface area contributed by atoms with Gasteiger partial charge in [0.05, 0.1) is 37.9 Å². The molecule has 7 aromatic carbocycles. The molecule has 21 nitrogen and oxygen atoms in total. The van der Waals surface area contributed by atoms with E-state index >= 15 is 0 Å². The van der Waals surface area contributed by atoms with Gasteiger partial charge >= 0.3 is 0 Å². The number of nitrogens with one attached hydrogen (secondary N) is 7. The van der Waals surface area contributed by atoms with Crippen LogP contribution in [0.3, 0.4) is 0 Å². The molecule has 5 saturated heterocycles. The van der Waals surface area contributed by atoms with Gasteiger partial charge in [-0.2, -0.15) is 0 Å². The molecule has 0 amide bonds. The zero-order chi connectivity index (χ0) is 109. The third kappa shape index (κ3) is 40.0. The highest BCUT2D eigenvalue weighted by atomic mass is 32.2. The van der Waals surface area contributed by atoms with Gasteiger partial charge in [0, 0.05) is 212 Å². The molecule has 7 aliphatic heterocycles. The van der Waals surface area contributed by atoms with Crippen molar-refractivity contribution in [3.05, 3.63) is 229 Å². The van der Waals surface area contributed by atoms with E-state index in [-0.39, 0.29) is 62.3 Å². The molecule has 7 heterocycles. The van der Waals surface area contributed by atoms with Crippen LogP contribution in [0.4, 0.5) is 37.2 Å². The summed E-state index contributed by atoms with van der Waals surface area (Å²) in [6.07, 6.45) is 6.94. The SMILES string of the molecule is CN(C)Cc1cc(C(C)(C)C)ccc1C1=CCN(C)CC1.CN(C)Cc1cc(C(C)(C)C)ccc1C1=CCNCC1.CNCc1cc(C(C)(C)C)ccc1N1CCC(F)(F)CC1.CNCc1cc(C(C)(C)C)ccc1N1CCNC(COC)C1.CNCc1cc(C(C)(C)C)ccc1N1CCOCC1.CNCc1cc(C(C)(C)C)ccc1N1CCS(=O)(=O)CC1.COCC1CN(c2ccc(C(C)(C)C)cc2CN(C)C)CCN1. The number of hydrogen-bond donors (Lipinski definition) is 7. The number of hydrogen-bond acceptors (Lipinski definition) is 21. The summed E-state index contributed by atoms with van der Waals surface area (Å²) >= 11 is 0. The fourth-order valence-electron chi connectivity index (χ4n) is 19.7. The van der Waals surface area contributed by atoms with E-state index in [4.69, 9.17) is 14.2 Å². The first-order valence-corrected chi connectivity index (χ1v) is 56.3. The smallest absolute Gasteiger partial charge is 0.251 e. The van der Waals surface area contributed by atoms with Crippen LogP contribution in [0.5, 0.6) is 0 Å². The summed E-state index contributed by atoms with van der Waals surface area (Å²) in [5, 5.41) is 23.4. The topological polar surface area (TPSA) is 175 Å². The number of sulfone groups is 1. The summed E-state index contributed by atoms with van der Waals surface area (Å²) in [7, 11) is 23.6. The monoisotopic (exact) mass is 2050 g/mol. The maximum atomic E-state index is 13.3. The minimum atomic E-state index is -2.84. The lowest BCUT2D eigenvalue weighted by Gasteiger charge is -2.37. The molecule has 0 bridgehead atoms. The predicted molar refractivity (Wildman–Crippen MR) is 627 cm³/mol. The fraction of sp³-hybridized carbons (Fsp3) is 0.626. The summed E-state index contributed by atoms with van der Waals surface area (Å²) in [5.41, 5.74) is 32.6. The minimum absolute atomic E-state index is 0.0486. The largest absolute Gasteiger partial charge is 0.383 e. The van der Waals surface area contributed by atoms with Gasteiger partial charge in [0.15, 0.2) is 9.84 Å². The van der Waals surface area contributed by atoms with Crippen LogP contribution < -0.4 is 61.7 Å². The Morgan fingerprint density at radius 2 is 0.680 bits per heavy atom. The minimum Gasteiger partial charge on any atom is -0.383 e. The molecule has 7 aliphatic rings. The van der Waals surface area contributed by atoms with Gasteiger partial charge < -0.3 is 95.5 Å². The average molecular weight is 2050 g/mol. The molecule has 0 aliphatic carbocycles. The van der Waals surface area contributed by atoms with E-state index in [1.807, 2.05) is 28.2 Å². The molecule has 822 valence electrons. The highest BCUT2D eigenvalue weighted by Crippen LogP contribution is 2.40. The average Bonchev–Trinajstić information content (AvgIpc) is 0.824. The zero-order valence-corrected chi connectivity index (χ0v) is 98.8. The highest BCUT2D eigenvalue weighted by Gasteiger charge is 2.36. The van der Waals surface area contributed by atoms with Crippen molar-refractivity contribution in [1.82, 2.24) is 56.8 Å². The number of rotatable bonds is 25. The van der Waals surface area contributed by atoms with Gasteiger partial charge in [-0.1, -0.05) is 255 Å². The molecular weight excluding hydrogens is 1850 g/mol. The van der Waals surface area contributed by atoms with Crippen LogP contribution in [-0.2, 0) is 108 Å². The van der Waals surface area contributed by atoms with Crippen molar-refractivity contribution in [2.45, 2.75) is 273 Å². The fourth-order valence-corrected chi connectivity index (χ4v) is 20.9. The van der Waals surface area contributed by atoms with Crippen molar-refractivity contribution >= 4 is 49.4 Å². The zero-order valence-electron chi connectivity index (χ0n) is 98.0. The molecule has 0 spiro atoms. The summed E-state index contributed by atoms with van der Waals surface area (Å²) < 4.78 is 65.9. The van der Waals surface area contributed by atoms with E-state index in [1.165, 1.54) is 117 Å². The third-order valence-electron chi connectivity index (χ3n) is 28.6. The van der Waals surface area contributed by atoms with Crippen molar-refractivity contribution < 1.29 is 31.4 Å². The van der Waals surface area contributed by atoms with Crippen LogP contribution in [0.25, 0.3) is 11.1 Å². The number of halogens is 2. The second-order valence-electron chi connectivity index (χ2n) is 49.7. The lowest BCUT2D eigenvalue weighted by Crippen LogP contribution is -2.52. The Morgan fingerprint density at radius 1 is 0.381 bits per heavy atom. The van der Waals surface area contributed by atoms with E-state index in [2.05, 4.69) is 416 Å². The molecule has 0 aromatic heterocycles. The van der Waals surface area contributed by atoms with Crippen LogP contribution in [-0.4, -0.2) is 280 Å². The van der Waals surface area contributed by atoms with Gasteiger partial charge in [-0.15, -0.1) is 0 Å². The number of piperazine rings is 2. The van der Waals surface area contributed by atoms with E-state index < -0.39 is 15.8 Å². The van der Waals surface area contributed by atoms with Crippen LogP contribution >= 0.6 is 0 Å². The molecule has 2 atom stereocenters. The van der Waals surface area contributed by atoms with E-state index in [0.29, 0.717) is 38.3 Å². The van der Waals surface area contributed by atoms with Crippen LogP contribution in [0.15, 0.2) is 140 Å². The lowest BCUT2D eigenvalue weighted by atomic mass is 9.83. The number of piperidine rings is 1. The molecule has 2 unspecified atom stereocenters. The Kier molecular flexibility index (Phi) is 48.0. The van der Waals surface area contributed by atoms with Crippen LogP contribution in [0.2, 0.25) is 0 Å². The number of morpholine rings is 1. The number of benzene rings is 7. The normalized spacial score (nSPS) is 18.2. The second-order valence-corrected chi connectivity index (χ2v) is 52.0. The Morgan fingerprint density at radius 3 is 0.986 bits per heavy atom. The molecule has 0 saturated carbocycles. The maximum Gasteiger partial charge on any atom is 0.251 e. The van der Waals surface area contributed by atoms with Crippen molar-refractivity contribution in [1.29, 1.82) is 0 Å². The quantitative estimate of drug-likeness (QED) is 0.0288. The van der Waals surface area contributed by atoms with Gasteiger partial charge in [-0.25, -0.2) is 17.2 Å². The van der Waals surface area contributed by atoms with Gasteiger partial charge in [-0.05, 0) is 265 Å². The molecule has 7 N–H and O–H groups in total. The first-order chi connectivity index (χ1) is 68.9. The first-order valence-electron chi connectivity index (χ1n) is 54.5. The molecule has 24 heteroatoms. The molecule has 147 heavy (non-hydrogen) atoms. The van der Waals surface area contributed by atoms with E-state index in [0.717, 1.165) is 175 Å². The number of ether oxygens (including phenoxy) is 3.